The van der Waals surface area contributed by atoms with Crippen LogP contribution in [0.1, 0.15) is 82.1 Å². The van der Waals surface area contributed by atoms with Gasteiger partial charge in [0.05, 0.1) is 13.2 Å². The molecule has 2 unspecified atom stereocenters. The number of benzene rings is 2. The van der Waals surface area contributed by atoms with Crippen molar-refractivity contribution in [3.05, 3.63) is 59.2 Å². The van der Waals surface area contributed by atoms with Crippen LogP contribution in [0.4, 0.5) is 8.78 Å². The van der Waals surface area contributed by atoms with Crippen molar-refractivity contribution in [1.82, 2.24) is 4.90 Å². The normalized spacial score (nSPS) is 23.5. The van der Waals surface area contributed by atoms with Crippen molar-refractivity contribution < 1.29 is 27.8 Å². The van der Waals surface area contributed by atoms with Crippen molar-refractivity contribution in [3.8, 4) is 11.5 Å². The number of nitrogens with zero attached hydrogens (tertiary/aromatic N) is 1. The Morgan fingerprint density at radius 1 is 1.05 bits per heavy atom. The summed E-state index contributed by atoms with van der Waals surface area (Å²) in [5.74, 6) is 0.178. The minimum atomic E-state index is -0.777. The summed E-state index contributed by atoms with van der Waals surface area (Å²) in [7, 11) is 0. The van der Waals surface area contributed by atoms with Gasteiger partial charge in [0.25, 0.3) is 5.91 Å². The number of fused-ring (bicyclic) bond motifs is 1. The van der Waals surface area contributed by atoms with Gasteiger partial charge in [-0.05, 0) is 86.1 Å². The van der Waals surface area contributed by atoms with E-state index >= 15 is 0 Å². The van der Waals surface area contributed by atoms with E-state index in [0.29, 0.717) is 54.7 Å². The lowest BCUT2D eigenvalue weighted by Crippen LogP contribution is -2.48. The molecule has 0 bridgehead atoms. The third-order valence-corrected chi connectivity index (χ3v) is 8.96. The molecule has 1 aliphatic carbocycles. The molecule has 2 aliphatic heterocycles. The highest BCUT2D eigenvalue weighted by atomic mass is 19.1. The second-order valence-corrected chi connectivity index (χ2v) is 12.6. The van der Waals surface area contributed by atoms with Crippen molar-refractivity contribution >= 4 is 5.91 Å². The van der Waals surface area contributed by atoms with Gasteiger partial charge in [-0.2, -0.15) is 0 Å². The Bertz CT molecular complexity index is 1190. The maximum atomic E-state index is 14.2. The van der Waals surface area contributed by atoms with Crippen molar-refractivity contribution in [1.29, 1.82) is 0 Å². The highest BCUT2D eigenvalue weighted by molar-refractivity contribution is 5.96. The van der Waals surface area contributed by atoms with Crippen LogP contribution in [0.25, 0.3) is 0 Å². The minimum absolute atomic E-state index is 0.00435. The Kier molecular flexibility index (Phi) is 8.81. The monoisotopic (exact) mass is 555 g/mol. The SMILES string of the molecule is CC(C)CC1CC(C[C@@H](C(C)C)N2CCCc3ccc(Oc4ccc(F)cc4F)cc3C2=O)CCC12OCCO2. The second kappa shape index (κ2) is 12.2. The number of hydrogen-bond acceptors (Lipinski definition) is 4. The summed E-state index contributed by atoms with van der Waals surface area (Å²) in [5.41, 5.74) is 1.59. The molecule has 2 heterocycles. The topological polar surface area (TPSA) is 48.0 Å². The second-order valence-electron chi connectivity index (χ2n) is 12.6. The average Bonchev–Trinajstić information content (AvgIpc) is 3.32. The van der Waals surface area contributed by atoms with E-state index in [1.54, 1.807) is 12.1 Å². The van der Waals surface area contributed by atoms with E-state index in [1.807, 2.05) is 6.07 Å². The number of amides is 1. The van der Waals surface area contributed by atoms with Crippen LogP contribution in [-0.2, 0) is 15.9 Å². The van der Waals surface area contributed by atoms with Crippen LogP contribution in [-0.4, -0.2) is 42.4 Å². The third kappa shape index (κ3) is 6.20. The Balaban J connectivity index is 1.34. The van der Waals surface area contributed by atoms with E-state index < -0.39 is 17.4 Å². The van der Waals surface area contributed by atoms with E-state index in [0.717, 1.165) is 62.6 Å². The van der Waals surface area contributed by atoms with E-state index in [2.05, 4.69) is 32.6 Å². The average molecular weight is 556 g/mol. The number of aryl methyl sites for hydroxylation is 1. The van der Waals surface area contributed by atoms with Gasteiger partial charge in [0.2, 0.25) is 0 Å². The highest BCUT2D eigenvalue weighted by Gasteiger charge is 2.48. The Labute approximate surface area is 237 Å². The largest absolute Gasteiger partial charge is 0.454 e. The first kappa shape index (κ1) is 29.0. The predicted octanol–water partition coefficient (Wildman–Crippen LogP) is 7.77. The Hall–Kier alpha value is -2.51. The molecule has 3 aliphatic rings. The van der Waals surface area contributed by atoms with Crippen LogP contribution >= 0.6 is 0 Å². The molecule has 1 amide bonds. The molecule has 218 valence electrons. The lowest BCUT2D eigenvalue weighted by molar-refractivity contribution is -0.222. The summed E-state index contributed by atoms with van der Waals surface area (Å²) in [5, 5.41) is 0. The third-order valence-electron chi connectivity index (χ3n) is 8.96. The van der Waals surface area contributed by atoms with Gasteiger partial charge in [-0.25, -0.2) is 8.78 Å². The van der Waals surface area contributed by atoms with Gasteiger partial charge in [0, 0.05) is 36.6 Å². The molecule has 0 radical (unpaired) electrons. The quantitative estimate of drug-likeness (QED) is 0.334. The van der Waals surface area contributed by atoms with Gasteiger partial charge in [0.15, 0.2) is 17.4 Å². The molecule has 2 fully saturated rings. The van der Waals surface area contributed by atoms with Crippen LogP contribution in [0.3, 0.4) is 0 Å². The fourth-order valence-corrected chi connectivity index (χ4v) is 7.05. The standard InChI is InChI=1S/C33H43F2NO4/c1-21(2)16-25-17-23(11-12-33(25)38-14-15-39-33)18-30(22(3)4)36-13-5-6-24-7-9-27(20-28(24)32(36)37)40-31-10-8-26(34)19-29(31)35/h7-10,19-23,25,30H,5-6,11-18H2,1-4H3/t23?,25?,30-/m0/s1. The van der Waals surface area contributed by atoms with Gasteiger partial charge in [-0.3, -0.25) is 4.79 Å². The first-order valence-electron chi connectivity index (χ1n) is 15.0. The molecule has 0 N–H and O–H groups in total. The Morgan fingerprint density at radius 2 is 1.82 bits per heavy atom. The van der Waals surface area contributed by atoms with Crippen molar-refractivity contribution in [2.45, 2.75) is 84.5 Å². The van der Waals surface area contributed by atoms with Crippen LogP contribution in [0.15, 0.2) is 36.4 Å². The molecule has 3 atom stereocenters. The molecule has 1 saturated heterocycles. The van der Waals surface area contributed by atoms with E-state index in [1.165, 1.54) is 6.07 Å². The molecule has 2 aromatic rings. The van der Waals surface area contributed by atoms with Gasteiger partial charge in [0.1, 0.15) is 11.6 Å². The van der Waals surface area contributed by atoms with E-state index in [-0.39, 0.29) is 17.7 Å². The summed E-state index contributed by atoms with van der Waals surface area (Å²) in [4.78, 5) is 16.1. The molecule has 1 spiro atoms. The minimum Gasteiger partial charge on any atom is -0.454 e. The molecule has 0 aromatic heterocycles. The van der Waals surface area contributed by atoms with Crippen molar-refractivity contribution in [2.75, 3.05) is 19.8 Å². The zero-order valence-electron chi connectivity index (χ0n) is 24.3. The fourth-order valence-electron chi connectivity index (χ4n) is 7.05. The van der Waals surface area contributed by atoms with Gasteiger partial charge >= 0.3 is 0 Å². The molecular formula is C33H43F2NO4. The van der Waals surface area contributed by atoms with E-state index in [4.69, 9.17) is 14.2 Å². The van der Waals surface area contributed by atoms with Crippen LogP contribution in [0.5, 0.6) is 11.5 Å². The first-order chi connectivity index (χ1) is 19.1. The van der Waals surface area contributed by atoms with Crippen LogP contribution in [0.2, 0.25) is 0 Å². The summed E-state index contributed by atoms with van der Waals surface area (Å²) in [6, 6.07) is 8.70. The van der Waals surface area contributed by atoms with Crippen LogP contribution in [0, 0.1) is 35.3 Å². The maximum absolute atomic E-state index is 14.2. The molecule has 40 heavy (non-hydrogen) atoms. The highest BCUT2D eigenvalue weighted by Crippen LogP contribution is 2.47. The number of carbonyl (C=O) groups excluding carboxylic acids is 1. The van der Waals surface area contributed by atoms with Gasteiger partial charge < -0.3 is 19.1 Å². The van der Waals surface area contributed by atoms with Gasteiger partial charge in [-0.15, -0.1) is 0 Å². The zero-order chi connectivity index (χ0) is 28.4. The van der Waals surface area contributed by atoms with Crippen molar-refractivity contribution in [3.63, 3.8) is 0 Å². The van der Waals surface area contributed by atoms with Crippen molar-refractivity contribution in [2.24, 2.45) is 23.7 Å². The van der Waals surface area contributed by atoms with E-state index in [9.17, 15) is 13.6 Å². The Morgan fingerprint density at radius 3 is 2.52 bits per heavy atom. The lowest BCUT2D eigenvalue weighted by atomic mass is 9.71. The summed E-state index contributed by atoms with van der Waals surface area (Å²) in [6.45, 7) is 11.0. The number of ether oxygens (including phenoxy) is 3. The fraction of sp³-hybridized carbons (Fsp3) is 0.606. The molecular weight excluding hydrogens is 512 g/mol. The number of rotatable bonds is 8. The predicted molar refractivity (Wildman–Crippen MR) is 150 cm³/mol. The number of carbonyl (C=O) groups is 1. The number of halogens is 2. The van der Waals surface area contributed by atoms with Gasteiger partial charge in [-0.1, -0.05) is 33.8 Å². The molecule has 7 heteroatoms. The lowest BCUT2D eigenvalue weighted by Gasteiger charge is -2.45. The summed E-state index contributed by atoms with van der Waals surface area (Å²) in [6.07, 6.45) is 6.73. The molecule has 2 aromatic carbocycles. The van der Waals surface area contributed by atoms with Crippen LogP contribution < -0.4 is 4.74 Å². The molecule has 1 saturated carbocycles. The summed E-state index contributed by atoms with van der Waals surface area (Å²) < 4.78 is 45.7. The smallest absolute Gasteiger partial charge is 0.254 e. The first-order valence-corrected chi connectivity index (χ1v) is 15.0. The zero-order valence-corrected chi connectivity index (χ0v) is 24.3. The number of hydrogen-bond donors (Lipinski definition) is 0. The maximum Gasteiger partial charge on any atom is 0.254 e. The summed E-state index contributed by atoms with van der Waals surface area (Å²) >= 11 is 0. The molecule has 5 nitrogen and oxygen atoms in total. The molecule has 5 rings (SSSR count).